The zero-order valence-corrected chi connectivity index (χ0v) is 8.32. The molecule has 0 bridgehead atoms. The second-order valence-corrected chi connectivity index (χ2v) is 3.06. The predicted molar refractivity (Wildman–Crippen MR) is 48.3 cm³/mol. The molecule has 1 aromatic rings. The van der Waals surface area contributed by atoms with E-state index in [9.17, 15) is 0 Å². The number of rotatable bonds is 0. The smallest absolute Gasteiger partial charge is 0.115 e. The summed E-state index contributed by atoms with van der Waals surface area (Å²) in [6, 6.07) is 7.09. The fraction of sp³-hybridized carbons (Fsp3) is 0.143. The van der Waals surface area contributed by atoms with E-state index in [1.807, 2.05) is 19.1 Å². The highest BCUT2D eigenvalue weighted by Crippen LogP contribution is 2.07. The Labute approximate surface area is 82.4 Å². The third kappa shape index (κ3) is 13.4. The van der Waals surface area contributed by atoms with Gasteiger partial charge in [-0.15, -0.1) is 0 Å². The van der Waals surface area contributed by atoms with E-state index < -0.39 is 10.4 Å². The van der Waals surface area contributed by atoms with Crippen molar-refractivity contribution in [2.75, 3.05) is 0 Å². The average molecular weight is 221 g/mol. The topological polar surface area (TPSA) is 135 Å². The molecule has 0 aliphatic carbocycles. The molecule has 0 saturated heterocycles. The van der Waals surface area contributed by atoms with Gasteiger partial charge in [0.1, 0.15) is 5.75 Å². The first kappa shape index (κ1) is 15.3. The molecule has 0 radical (unpaired) electrons. The van der Waals surface area contributed by atoms with Gasteiger partial charge >= 0.3 is 0 Å². The molecule has 0 atom stereocenters. The summed E-state index contributed by atoms with van der Waals surface area (Å²) in [4.78, 5) is 0. The minimum absolute atomic E-state index is 0. The molecule has 0 saturated carbocycles. The van der Waals surface area contributed by atoms with E-state index in [-0.39, 0.29) is 6.15 Å². The Balaban J connectivity index is 0. The van der Waals surface area contributed by atoms with Crippen molar-refractivity contribution in [2.45, 2.75) is 6.92 Å². The first-order valence-electron chi connectivity index (χ1n) is 3.21. The summed E-state index contributed by atoms with van der Waals surface area (Å²) in [5.41, 5.74) is 1.17. The first-order chi connectivity index (χ1) is 5.79. The van der Waals surface area contributed by atoms with Crippen molar-refractivity contribution in [2.24, 2.45) is 0 Å². The molecule has 82 valence electrons. The first-order valence-corrected chi connectivity index (χ1v) is 4.54. The average Bonchev–Trinajstić information content (AvgIpc) is 1.92. The molecular weight excluding hydrogens is 210 g/mol. The highest BCUT2D eigenvalue weighted by Gasteiger charge is 1.82. The van der Waals surface area contributed by atoms with Crippen LogP contribution >= 0.6 is 0 Å². The van der Waals surface area contributed by atoms with Gasteiger partial charge in [0.05, 0.1) is 0 Å². The van der Waals surface area contributed by atoms with Gasteiger partial charge in [-0.1, -0.05) is 17.7 Å². The van der Waals surface area contributed by atoms with Crippen molar-refractivity contribution < 1.29 is 22.6 Å². The van der Waals surface area contributed by atoms with Gasteiger partial charge in [0.15, 0.2) is 0 Å². The lowest BCUT2D eigenvalue weighted by atomic mass is 10.2. The Morgan fingerprint density at radius 1 is 1.14 bits per heavy atom. The number of benzene rings is 1. The van der Waals surface area contributed by atoms with Crippen molar-refractivity contribution in [3.8, 4) is 5.75 Å². The second kappa shape index (κ2) is 6.33. The number of phenolic OH excluding ortho intramolecular Hbond substituents is 1. The summed E-state index contributed by atoms with van der Waals surface area (Å²) < 4.78 is 34.1. The number of hydrogen-bond acceptors (Lipinski definition) is 6. The lowest BCUT2D eigenvalue weighted by Crippen LogP contribution is -1.91. The van der Waals surface area contributed by atoms with Gasteiger partial charge in [-0.2, -0.15) is 0 Å². The van der Waals surface area contributed by atoms with Crippen LogP contribution in [0.15, 0.2) is 24.3 Å². The normalized spacial score (nSPS) is 9.36. The Morgan fingerprint density at radius 3 is 1.64 bits per heavy atom. The van der Waals surface area contributed by atoms with Crippen LogP contribution in [0.3, 0.4) is 0 Å². The Bertz CT molecular complexity index is 316. The van der Waals surface area contributed by atoms with Crippen LogP contribution in [0.4, 0.5) is 0 Å². The standard InChI is InChI=1S/C7H8O.H3N.H2O4S/c1-6-2-4-7(8)5-3-6;;1-5(2,3)4/h2-5,8H,1H3;1H3;(H2,1,2,3,4)/p-2. The molecule has 0 aromatic heterocycles. The highest BCUT2D eigenvalue weighted by atomic mass is 32.3. The Hall–Kier alpha value is -1.15. The van der Waals surface area contributed by atoms with Crippen molar-refractivity contribution in [3.05, 3.63) is 29.8 Å². The van der Waals surface area contributed by atoms with Crippen LogP contribution in [0.5, 0.6) is 5.75 Å². The summed E-state index contributed by atoms with van der Waals surface area (Å²) in [5, 5.41) is 8.76. The fourth-order valence-corrected chi connectivity index (χ4v) is 0.545. The lowest BCUT2D eigenvalue weighted by Gasteiger charge is -2.06. The van der Waals surface area contributed by atoms with Crippen LogP contribution in [0.1, 0.15) is 5.56 Å². The van der Waals surface area contributed by atoms with Gasteiger partial charge in [-0.3, -0.25) is 8.42 Å². The van der Waals surface area contributed by atoms with Crippen LogP contribution < -0.4 is 6.15 Å². The van der Waals surface area contributed by atoms with Crippen molar-refractivity contribution in [1.82, 2.24) is 6.15 Å². The van der Waals surface area contributed by atoms with Gasteiger partial charge in [0, 0.05) is 10.4 Å². The van der Waals surface area contributed by atoms with E-state index >= 15 is 0 Å². The van der Waals surface area contributed by atoms with Crippen LogP contribution in [-0.4, -0.2) is 22.6 Å². The molecule has 14 heavy (non-hydrogen) atoms. The highest BCUT2D eigenvalue weighted by molar-refractivity contribution is 7.79. The van der Waals surface area contributed by atoms with Gasteiger partial charge in [-0.25, -0.2) is 0 Å². The molecule has 7 heteroatoms. The molecule has 0 aliphatic heterocycles. The molecule has 0 unspecified atom stereocenters. The molecule has 1 rings (SSSR count). The lowest BCUT2D eigenvalue weighted by molar-refractivity contribution is 0.352. The van der Waals surface area contributed by atoms with Crippen LogP contribution in [0, 0.1) is 6.92 Å². The van der Waals surface area contributed by atoms with Crippen molar-refractivity contribution >= 4 is 10.4 Å². The molecule has 6 nitrogen and oxygen atoms in total. The Kier molecular flexibility index (Phi) is 6.93. The third-order valence-electron chi connectivity index (χ3n) is 1.03. The van der Waals surface area contributed by atoms with Crippen LogP contribution in [0.2, 0.25) is 0 Å². The number of aryl methyl sites for hydroxylation is 1. The fourth-order valence-electron chi connectivity index (χ4n) is 0.545. The van der Waals surface area contributed by atoms with Crippen LogP contribution in [0.25, 0.3) is 0 Å². The van der Waals surface area contributed by atoms with Crippen molar-refractivity contribution in [3.63, 3.8) is 0 Å². The third-order valence-corrected chi connectivity index (χ3v) is 1.03. The molecule has 0 spiro atoms. The molecular formula is C7H11NO5S-2. The van der Waals surface area contributed by atoms with E-state index in [1.54, 1.807) is 12.1 Å². The molecule has 0 amide bonds. The molecule has 4 N–H and O–H groups in total. The number of hydrogen-bond donors (Lipinski definition) is 2. The van der Waals surface area contributed by atoms with Gasteiger partial charge in [0.25, 0.3) is 0 Å². The van der Waals surface area contributed by atoms with Gasteiger partial charge in [0.2, 0.25) is 0 Å². The number of phenols is 1. The van der Waals surface area contributed by atoms with E-state index in [4.69, 9.17) is 22.6 Å². The monoisotopic (exact) mass is 221 g/mol. The number of aromatic hydroxyl groups is 1. The summed E-state index contributed by atoms with van der Waals surface area (Å²) >= 11 is 0. The quantitative estimate of drug-likeness (QED) is 0.484. The molecule has 1 aromatic carbocycles. The van der Waals surface area contributed by atoms with Gasteiger partial charge < -0.3 is 20.4 Å². The maximum absolute atomic E-state index is 8.76. The van der Waals surface area contributed by atoms with E-state index in [1.165, 1.54) is 5.56 Å². The molecule has 0 aliphatic rings. The maximum atomic E-state index is 8.76. The summed E-state index contributed by atoms with van der Waals surface area (Å²) in [6.45, 7) is 1.99. The largest absolute Gasteiger partial charge is 0.759 e. The van der Waals surface area contributed by atoms with E-state index in [0.717, 1.165) is 0 Å². The maximum Gasteiger partial charge on any atom is 0.115 e. The second-order valence-electron chi connectivity index (χ2n) is 2.24. The summed E-state index contributed by atoms with van der Waals surface area (Å²) in [5.74, 6) is 0.329. The SMILES string of the molecule is Cc1ccc(O)cc1.N.O=S(=O)([O-])[O-]. The minimum atomic E-state index is -5.17. The van der Waals surface area contributed by atoms with Gasteiger partial charge in [-0.05, 0) is 19.1 Å². The zero-order chi connectivity index (χ0) is 10.5. The Morgan fingerprint density at radius 2 is 1.43 bits per heavy atom. The van der Waals surface area contributed by atoms with Crippen LogP contribution in [-0.2, 0) is 10.4 Å². The minimum Gasteiger partial charge on any atom is -0.759 e. The van der Waals surface area contributed by atoms with E-state index in [0.29, 0.717) is 5.75 Å². The molecule has 0 fully saturated rings. The van der Waals surface area contributed by atoms with E-state index in [2.05, 4.69) is 0 Å². The summed E-state index contributed by atoms with van der Waals surface area (Å²) in [7, 11) is -5.17. The summed E-state index contributed by atoms with van der Waals surface area (Å²) in [6.07, 6.45) is 0. The van der Waals surface area contributed by atoms with Crippen molar-refractivity contribution in [1.29, 1.82) is 0 Å². The molecule has 0 heterocycles. The zero-order valence-electron chi connectivity index (χ0n) is 7.50. The predicted octanol–water partition coefficient (Wildman–Crippen LogP) is 0.525.